The van der Waals surface area contributed by atoms with Gasteiger partial charge in [-0.3, -0.25) is 4.79 Å². The summed E-state index contributed by atoms with van der Waals surface area (Å²) in [5.74, 6) is 0.531. The minimum absolute atomic E-state index is 0.000258. The summed E-state index contributed by atoms with van der Waals surface area (Å²) in [6, 6.07) is 2.48. The zero-order valence-corrected chi connectivity index (χ0v) is 22.3. The molecule has 6 rings (SSSR count). The Morgan fingerprint density at radius 2 is 1.83 bits per heavy atom. The van der Waals surface area contributed by atoms with Crippen LogP contribution in [0.15, 0.2) is 11.6 Å². The van der Waals surface area contributed by atoms with Gasteiger partial charge in [0.1, 0.15) is 6.17 Å². The van der Waals surface area contributed by atoms with Gasteiger partial charge in [-0.2, -0.15) is 5.26 Å². The first-order chi connectivity index (χ1) is 16.3. The lowest BCUT2D eigenvalue weighted by Crippen LogP contribution is -2.75. The first-order valence-electron chi connectivity index (χ1n) is 13.9. The molecule has 0 radical (unpaired) electrons. The van der Waals surface area contributed by atoms with E-state index < -0.39 is 33.4 Å². The summed E-state index contributed by atoms with van der Waals surface area (Å²) >= 11 is 0. The summed E-state index contributed by atoms with van der Waals surface area (Å²) in [6.07, 6.45) is 6.28. The predicted molar refractivity (Wildman–Crippen MR) is 130 cm³/mol. The molecule has 0 aromatic heterocycles. The molecule has 4 saturated carbocycles. The molecule has 1 saturated heterocycles. The maximum Gasteiger partial charge on any atom is 0.313 e. The van der Waals surface area contributed by atoms with Crippen molar-refractivity contribution in [2.45, 2.75) is 98.3 Å². The van der Waals surface area contributed by atoms with Gasteiger partial charge in [0.05, 0.1) is 18.1 Å². The number of aliphatic hydroxyl groups is 1. The van der Waals surface area contributed by atoms with Crippen LogP contribution in [-0.4, -0.2) is 29.5 Å². The highest BCUT2D eigenvalue weighted by Crippen LogP contribution is 2.81. The van der Waals surface area contributed by atoms with E-state index in [0.717, 1.165) is 44.1 Å². The lowest BCUT2D eigenvalue weighted by molar-refractivity contribution is -0.296. The van der Waals surface area contributed by atoms with E-state index in [0.29, 0.717) is 12.3 Å². The van der Waals surface area contributed by atoms with Gasteiger partial charge in [-0.15, -0.1) is 0 Å². The molecule has 5 fully saturated rings. The summed E-state index contributed by atoms with van der Waals surface area (Å²) in [5.41, 5.74) is -2.61. The van der Waals surface area contributed by atoms with E-state index in [9.17, 15) is 15.2 Å². The topological polar surface area (TPSA) is 70.3 Å². The van der Waals surface area contributed by atoms with Crippen LogP contribution in [0.4, 0.5) is 4.39 Å². The Bertz CT molecular complexity index is 1070. The van der Waals surface area contributed by atoms with Gasteiger partial charge in [-0.1, -0.05) is 47.6 Å². The number of carbonyl (C=O) groups excluding carboxylic acids is 1. The Morgan fingerprint density at radius 1 is 1.11 bits per heavy atom. The van der Waals surface area contributed by atoms with Crippen molar-refractivity contribution in [3.05, 3.63) is 11.6 Å². The molecule has 5 aliphatic carbocycles. The molecule has 0 aromatic rings. The van der Waals surface area contributed by atoms with E-state index >= 15 is 4.39 Å². The Labute approximate surface area is 209 Å². The van der Waals surface area contributed by atoms with Gasteiger partial charge in [0.15, 0.2) is 5.60 Å². The van der Waals surface area contributed by atoms with Crippen LogP contribution in [0.2, 0.25) is 0 Å². The summed E-state index contributed by atoms with van der Waals surface area (Å²) < 4.78 is 23.6. The maximum atomic E-state index is 17.1. The van der Waals surface area contributed by atoms with Crippen molar-refractivity contribution < 1.29 is 19.0 Å². The van der Waals surface area contributed by atoms with Crippen LogP contribution in [0, 0.1) is 68.0 Å². The van der Waals surface area contributed by atoms with Crippen LogP contribution in [0.25, 0.3) is 0 Å². The van der Waals surface area contributed by atoms with Gasteiger partial charge in [-0.05, 0) is 74.0 Å². The van der Waals surface area contributed by atoms with Gasteiger partial charge in [0.2, 0.25) is 0 Å². The minimum atomic E-state index is -1.24. The summed E-state index contributed by atoms with van der Waals surface area (Å²) in [6.45, 7) is 13.3. The lowest BCUT2D eigenvalue weighted by atomic mass is 9.31. The average molecular weight is 484 g/mol. The molecular formula is C30H42FNO3. The first-order valence-corrected chi connectivity index (χ1v) is 13.9. The SMILES string of the molecule is C[C@H]1[C@H](C)CC[C@@]23CC[C@]4(C)[C@](OC2=O)([C@H](F)C[C@@H]2[C@@]5(C)C(C#N)=C[C@@](C)(CO)[C@@H]5CC[C@]24C)[C@H]13. The molecule has 6 aliphatic rings. The fourth-order valence-electron chi connectivity index (χ4n) is 11.6. The van der Waals surface area contributed by atoms with E-state index in [1.165, 1.54) is 0 Å². The predicted octanol–water partition coefficient (Wildman–Crippen LogP) is 5.99. The van der Waals surface area contributed by atoms with Crippen molar-refractivity contribution in [1.82, 2.24) is 0 Å². The molecular weight excluding hydrogens is 441 g/mol. The smallest absolute Gasteiger partial charge is 0.313 e. The van der Waals surface area contributed by atoms with Crippen LogP contribution >= 0.6 is 0 Å². The largest absolute Gasteiger partial charge is 0.455 e. The molecule has 2 bridgehead atoms. The number of aliphatic hydroxyl groups excluding tert-OH is 1. The zero-order chi connectivity index (χ0) is 25.4. The van der Waals surface area contributed by atoms with E-state index in [1.54, 1.807) is 0 Å². The van der Waals surface area contributed by atoms with E-state index in [1.807, 2.05) is 6.08 Å². The summed E-state index contributed by atoms with van der Waals surface area (Å²) in [5, 5.41) is 20.6. The third-order valence-electron chi connectivity index (χ3n) is 13.8. The van der Waals surface area contributed by atoms with Crippen LogP contribution < -0.4 is 0 Å². The second-order valence-electron chi connectivity index (χ2n) is 14.4. The number of halogens is 1. The van der Waals surface area contributed by atoms with E-state index in [2.05, 4.69) is 47.6 Å². The molecule has 1 heterocycles. The second-order valence-corrected chi connectivity index (χ2v) is 14.4. The van der Waals surface area contributed by atoms with Gasteiger partial charge in [0, 0.05) is 27.7 Å². The summed E-state index contributed by atoms with van der Waals surface area (Å²) in [7, 11) is 0. The van der Waals surface area contributed by atoms with E-state index in [-0.39, 0.29) is 41.7 Å². The number of rotatable bonds is 1. The fourth-order valence-corrected chi connectivity index (χ4v) is 11.6. The number of hydrogen-bond acceptors (Lipinski definition) is 4. The van der Waals surface area contributed by atoms with Crippen LogP contribution in [-0.2, 0) is 9.53 Å². The number of nitrogens with zero attached hydrogens (tertiary/aromatic N) is 1. The number of allylic oxidation sites excluding steroid dienone is 1. The molecule has 0 aromatic carbocycles. The zero-order valence-electron chi connectivity index (χ0n) is 22.3. The average Bonchev–Trinajstić information content (AvgIpc) is 3.19. The van der Waals surface area contributed by atoms with Crippen molar-refractivity contribution in [1.29, 1.82) is 5.26 Å². The number of hydrogen-bond donors (Lipinski definition) is 1. The molecule has 5 heteroatoms. The monoisotopic (exact) mass is 483 g/mol. The molecule has 192 valence electrons. The number of ether oxygens (including phenoxy) is 1. The Balaban J connectivity index is 1.54. The molecule has 4 nitrogen and oxygen atoms in total. The molecule has 1 aliphatic heterocycles. The maximum absolute atomic E-state index is 17.1. The number of alkyl halides is 1. The third-order valence-corrected chi connectivity index (χ3v) is 13.8. The Hall–Kier alpha value is -1.41. The highest BCUT2D eigenvalue weighted by atomic mass is 19.1. The molecule has 12 atom stereocenters. The van der Waals surface area contributed by atoms with Crippen LogP contribution in [0.5, 0.6) is 0 Å². The van der Waals surface area contributed by atoms with Gasteiger partial charge >= 0.3 is 5.97 Å². The quantitative estimate of drug-likeness (QED) is 0.465. The highest BCUT2D eigenvalue weighted by Gasteiger charge is 2.84. The Kier molecular flexibility index (Phi) is 4.60. The molecule has 0 amide bonds. The van der Waals surface area contributed by atoms with E-state index in [4.69, 9.17) is 4.74 Å². The first kappa shape index (κ1) is 24.0. The lowest BCUT2D eigenvalue weighted by Gasteiger charge is -2.72. The number of nitriles is 1. The number of esters is 1. The third kappa shape index (κ3) is 2.24. The number of fused-ring (bicyclic) bond motifs is 4. The molecule has 1 spiro atoms. The van der Waals surface area contributed by atoms with Crippen LogP contribution in [0.3, 0.4) is 0 Å². The van der Waals surface area contributed by atoms with Crippen molar-refractivity contribution >= 4 is 5.97 Å². The van der Waals surface area contributed by atoms with Crippen molar-refractivity contribution in [2.75, 3.05) is 6.61 Å². The standard InChI is InChI=1S/C30H42FNO3/c1-17-7-10-29-12-11-27(5)26(4)9-8-20-25(3,16-33)14-19(15-32)28(20,6)21(26)13-22(31)30(27,35-24(29)34)23(29)18(17)2/h14,17-18,20-23,33H,7-13,16H2,1-6H3/t17-,18+,20+,21+,22-,23-,25+,26-,27+,28+,29+,30+/m1/s1. The molecule has 35 heavy (non-hydrogen) atoms. The second kappa shape index (κ2) is 6.72. The van der Waals surface area contributed by atoms with Crippen molar-refractivity contribution in [2.24, 2.45) is 56.7 Å². The number of carbonyl (C=O) groups is 1. The van der Waals surface area contributed by atoms with Gasteiger partial charge in [0.25, 0.3) is 0 Å². The van der Waals surface area contributed by atoms with Crippen molar-refractivity contribution in [3.63, 3.8) is 0 Å². The minimum Gasteiger partial charge on any atom is -0.455 e. The van der Waals surface area contributed by atoms with Crippen LogP contribution in [0.1, 0.15) is 86.5 Å². The van der Waals surface area contributed by atoms with Crippen molar-refractivity contribution in [3.8, 4) is 6.07 Å². The summed E-state index contributed by atoms with van der Waals surface area (Å²) in [4.78, 5) is 13.7. The highest BCUT2D eigenvalue weighted by molar-refractivity contribution is 5.82. The molecule has 1 N–H and O–H groups in total. The van der Waals surface area contributed by atoms with Gasteiger partial charge < -0.3 is 9.84 Å². The molecule has 0 unspecified atom stereocenters. The Morgan fingerprint density at radius 3 is 2.49 bits per heavy atom. The van der Waals surface area contributed by atoms with Gasteiger partial charge in [-0.25, -0.2) is 4.39 Å². The fraction of sp³-hybridized carbons (Fsp3) is 0.867. The normalized spacial score (nSPS) is 60.4.